The smallest absolute Gasteiger partial charge is 0.257 e. The maximum absolute atomic E-state index is 13.4. The summed E-state index contributed by atoms with van der Waals surface area (Å²) in [5, 5.41) is 0. The highest BCUT2D eigenvalue weighted by Crippen LogP contribution is 2.47. The van der Waals surface area contributed by atoms with Gasteiger partial charge in [0, 0.05) is 18.5 Å². The molecule has 4 saturated heterocycles. The zero-order valence-electron chi connectivity index (χ0n) is 14.9. The Labute approximate surface area is 152 Å². The van der Waals surface area contributed by atoms with Crippen LogP contribution in [-0.4, -0.2) is 47.4 Å². The van der Waals surface area contributed by atoms with Gasteiger partial charge in [0.25, 0.3) is 5.91 Å². The Hall–Kier alpha value is -2.14. The van der Waals surface area contributed by atoms with Crippen molar-refractivity contribution in [1.82, 2.24) is 9.80 Å². The number of hydrogen-bond acceptors (Lipinski definition) is 3. The number of nitrogens with zero attached hydrogens (tertiary/aromatic N) is 2. The molecule has 5 heteroatoms. The van der Waals surface area contributed by atoms with E-state index in [-0.39, 0.29) is 23.7 Å². The van der Waals surface area contributed by atoms with E-state index in [0.717, 1.165) is 31.5 Å². The Balaban J connectivity index is 1.53. The van der Waals surface area contributed by atoms with Crippen LogP contribution in [0.4, 0.5) is 4.39 Å². The number of rotatable bonds is 2. The highest BCUT2D eigenvalue weighted by Gasteiger charge is 2.54. The van der Waals surface area contributed by atoms with E-state index in [9.17, 15) is 9.18 Å². The number of fused-ring (bicyclic) bond motifs is 2. The van der Waals surface area contributed by atoms with Crippen LogP contribution >= 0.6 is 0 Å². The lowest BCUT2D eigenvalue weighted by molar-refractivity contribution is -0.00345. The average Bonchev–Trinajstić information content (AvgIpc) is 3.28. The van der Waals surface area contributed by atoms with E-state index in [1.54, 1.807) is 12.3 Å². The fraction of sp³-hybridized carbons (Fsp3) is 0.476. The molecule has 0 spiro atoms. The third-order valence-corrected chi connectivity index (χ3v) is 6.64. The third-order valence-electron chi connectivity index (χ3n) is 6.64. The number of halogens is 1. The minimum atomic E-state index is -0.212. The zero-order chi connectivity index (χ0) is 17.8. The Bertz CT molecular complexity index is 823. The molecule has 1 aromatic heterocycles. The van der Waals surface area contributed by atoms with E-state index in [4.69, 9.17) is 4.42 Å². The van der Waals surface area contributed by atoms with Gasteiger partial charge >= 0.3 is 0 Å². The molecule has 1 amide bonds. The Kier molecular flexibility index (Phi) is 3.67. The first kappa shape index (κ1) is 16.1. The average molecular weight is 354 g/mol. The molecule has 6 rings (SSSR count). The van der Waals surface area contributed by atoms with Crippen molar-refractivity contribution in [1.29, 1.82) is 0 Å². The molecule has 3 atom stereocenters. The van der Waals surface area contributed by atoms with E-state index in [0.29, 0.717) is 29.8 Å². The van der Waals surface area contributed by atoms with Crippen molar-refractivity contribution >= 4 is 5.91 Å². The van der Waals surface area contributed by atoms with Crippen LogP contribution in [0.2, 0.25) is 0 Å². The van der Waals surface area contributed by atoms with E-state index in [1.807, 2.05) is 19.1 Å². The molecule has 4 aliphatic rings. The molecule has 26 heavy (non-hydrogen) atoms. The minimum Gasteiger partial charge on any atom is -0.469 e. The van der Waals surface area contributed by atoms with Gasteiger partial charge in [-0.15, -0.1) is 0 Å². The summed E-state index contributed by atoms with van der Waals surface area (Å²) in [6.45, 7) is 4.75. The predicted octanol–water partition coefficient (Wildman–Crippen LogP) is 3.43. The second kappa shape index (κ2) is 5.95. The van der Waals surface area contributed by atoms with Crippen molar-refractivity contribution in [3.63, 3.8) is 0 Å². The fourth-order valence-corrected chi connectivity index (χ4v) is 5.42. The number of likely N-dealkylation sites (tertiary alicyclic amines) is 1. The first-order valence-corrected chi connectivity index (χ1v) is 9.48. The first-order valence-electron chi connectivity index (χ1n) is 9.48. The summed E-state index contributed by atoms with van der Waals surface area (Å²) >= 11 is 0. The molecule has 1 aromatic carbocycles. The molecule has 0 aliphatic carbocycles. The van der Waals surface area contributed by atoms with Crippen molar-refractivity contribution in [2.75, 3.05) is 19.6 Å². The Morgan fingerprint density at radius 2 is 1.85 bits per heavy atom. The highest BCUT2D eigenvalue weighted by atomic mass is 19.1. The quantitative estimate of drug-likeness (QED) is 0.829. The van der Waals surface area contributed by atoms with Crippen molar-refractivity contribution in [2.24, 2.45) is 5.92 Å². The summed E-state index contributed by atoms with van der Waals surface area (Å²) in [6.07, 6.45) is 3.90. The third kappa shape index (κ3) is 2.33. The second-order valence-corrected chi connectivity index (χ2v) is 7.86. The summed E-state index contributed by atoms with van der Waals surface area (Å²) in [6, 6.07) is 9.20. The largest absolute Gasteiger partial charge is 0.469 e. The minimum absolute atomic E-state index is 0.0737. The lowest BCUT2D eigenvalue weighted by Crippen LogP contribution is -2.60. The normalized spacial score (nSPS) is 32.7. The second-order valence-electron chi connectivity index (χ2n) is 7.86. The van der Waals surface area contributed by atoms with Gasteiger partial charge < -0.3 is 9.32 Å². The summed E-state index contributed by atoms with van der Waals surface area (Å²) in [7, 11) is 0. The molecule has 2 bridgehead atoms. The number of piperidine rings is 3. The van der Waals surface area contributed by atoms with Gasteiger partial charge in [0.2, 0.25) is 0 Å². The SMILES string of the molecule is Cc1occc1C(=O)N1C[C@@H](c2ccc(F)cc2)[C@@H]2[C@H]1C1CCN2CC1. The molecule has 0 radical (unpaired) electrons. The van der Waals surface area contributed by atoms with Gasteiger partial charge in [-0.05, 0) is 62.5 Å². The van der Waals surface area contributed by atoms with Crippen LogP contribution in [0.5, 0.6) is 0 Å². The molecule has 4 nitrogen and oxygen atoms in total. The van der Waals surface area contributed by atoms with E-state index in [2.05, 4.69) is 9.80 Å². The van der Waals surface area contributed by atoms with Crippen LogP contribution in [-0.2, 0) is 0 Å². The number of carbonyl (C=O) groups is 1. The van der Waals surface area contributed by atoms with Crippen LogP contribution in [0.1, 0.15) is 40.4 Å². The van der Waals surface area contributed by atoms with Crippen molar-refractivity contribution < 1.29 is 13.6 Å². The van der Waals surface area contributed by atoms with Crippen LogP contribution in [0.3, 0.4) is 0 Å². The molecule has 136 valence electrons. The number of carbonyl (C=O) groups excluding carboxylic acids is 1. The van der Waals surface area contributed by atoms with Gasteiger partial charge in [-0.25, -0.2) is 4.39 Å². The molecule has 2 aromatic rings. The topological polar surface area (TPSA) is 36.7 Å². The standard InChI is InChI=1S/C21H23FN2O2/c1-13-17(8-11-26-13)21(25)24-12-18(14-2-4-16(22)5-3-14)20-19(24)15-6-9-23(20)10-7-15/h2-5,8,11,15,18-20H,6-7,9-10,12H2,1H3/t18-,19+,20+/m0/s1. The van der Waals surface area contributed by atoms with Crippen LogP contribution in [0.15, 0.2) is 41.0 Å². The van der Waals surface area contributed by atoms with Crippen molar-refractivity contribution in [2.45, 2.75) is 37.8 Å². The van der Waals surface area contributed by atoms with Crippen LogP contribution in [0, 0.1) is 18.7 Å². The monoisotopic (exact) mass is 354 g/mol. The van der Waals surface area contributed by atoms with Gasteiger partial charge in [-0.2, -0.15) is 0 Å². The molecule has 0 unspecified atom stereocenters. The van der Waals surface area contributed by atoms with Gasteiger partial charge in [0.1, 0.15) is 11.6 Å². The Morgan fingerprint density at radius 1 is 1.12 bits per heavy atom. The zero-order valence-corrected chi connectivity index (χ0v) is 14.9. The van der Waals surface area contributed by atoms with Gasteiger partial charge in [-0.3, -0.25) is 9.69 Å². The van der Waals surface area contributed by atoms with Crippen LogP contribution < -0.4 is 0 Å². The van der Waals surface area contributed by atoms with Gasteiger partial charge in [0.15, 0.2) is 0 Å². The summed E-state index contributed by atoms with van der Waals surface area (Å²) in [4.78, 5) is 17.9. The molecule has 0 saturated carbocycles. The molecular formula is C21H23FN2O2. The van der Waals surface area contributed by atoms with E-state index < -0.39 is 0 Å². The van der Waals surface area contributed by atoms with Crippen molar-refractivity contribution in [3.8, 4) is 0 Å². The molecular weight excluding hydrogens is 331 g/mol. The summed E-state index contributed by atoms with van der Waals surface area (Å²) < 4.78 is 18.8. The fourth-order valence-electron chi connectivity index (χ4n) is 5.42. The van der Waals surface area contributed by atoms with Gasteiger partial charge in [0.05, 0.1) is 17.9 Å². The van der Waals surface area contributed by atoms with Crippen LogP contribution in [0.25, 0.3) is 0 Å². The highest BCUT2D eigenvalue weighted by molar-refractivity contribution is 5.95. The summed E-state index contributed by atoms with van der Waals surface area (Å²) in [5.41, 5.74) is 1.80. The number of aryl methyl sites for hydroxylation is 1. The Morgan fingerprint density at radius 3 is 2.50 bits per heavy atom. The molecule has 4 fully saturated rings. The lowest BCUT2D eigenvalue weighted by atomic mass is 9.75. The maximum atomic E-state index is 13.4. The number of hydrogen-bond donors (Lipinski definition) is 0. The number of benzene rings is 1. The van der Waals surface area contributed by atoms with Gasteiger partial charge in [-0.1, -0.05) is 12.1 Å². The van der Waals surface area contributed by atoms with Crippen molar-refractivity contribution in [3.05, 3.63) is 59.3 Å². The van der Waals surface area contributed by atoms with E-state index in [1.165, 1.54) is 12.1 Å². The predicted molar refractivity (Wildman–Crippen MR) is 95.5 cm³/mol. The van der Waals surface area contributed by atoms with E-state index >= 15 is 0 Å². The first-order chi connectivity index (χ1) is 12.6. The number of furan rings is 1. The lowest BCUT2D eigenvalue weighted by Gasteiger charge is -2.51. The molecule has 4 aliphatic heterocycles. The summed E-state index contributed by atoms with van der Waals surface area (Å²) in [5.74, 6) is 1.34. The maximum Gasteiger partial charge on any atom is 0.257 e. The molecule has 5 heterocycles. The number of amides is 1. The molecule has 0 N–H and O–H groups in total.